The van der Waals surface area contributed by atoms with E-state index in [1.54, 1.807) is 26.1 Å². The van der Waals surface area contributed by atoms with Gasteiger partial charge in [-0.1, -0.05) is 6.07 Å². The van der Waals surface area contributed by atoms with Crippen LogP contribution in [0.4, 0.5) is 4.39 Å². The summed E-state index contributed by atoms with van der Waals surface area (Å²) in [6.45, 7) is 2.66. The van der Waals surface area contributed by atoms with Crippen molar-refractivity contribution in [2.24, 2.45) is 4.99 Å². The molecule has 2 rings (SSSR count). The lowest BCUT2D eigenvalue weighted by Crippen LogP contribution is -2.45. The highest BCUT2D eigenvalue weighted by atomic mass is 127. The van der Waals surface area contributed by atoms with Crippen molar-refractivity contribution in [1.29, 1.82) is 0 Å². The summed E-state index contributed by atoms with van der Waals surface area (Å²) >= 11 is 1.92. The second kappa shape index (κ2) is 11.6. The van der Waals surface area contributed by atoms with E-state index < -0.39 is 0 Å². The monoisotopic (exact) mass is 494 g/mol. The number of aliphatic imine (C=N–C) groups is 1. The molecule has 5 nitrogen and oxygen atoms in total. The maximum atomic E-state index is 13.5. The van der Waals surface area contributed by atoms with E-state index in [9.17, 15) is 9.18 Å². The molecule has 2 unspecified atom stereocenters. The molecule has 3 N–H and O–H groups in total. The Morgan fingerprint density at radius 1 is 1.31 bits per heavy atom. The van der Waals surface area contributed by atoms with Gasteiger partial charge in [0.2, 0.25) is 0 Å². The number of hydrogen-bond acceptors (Lipinski definition) is 3. The Hall–Kier alpha value is -1.03. The van der Waals surface area contributed by atoms with Gasteiger partial charge in [0.05, 0.1) is 0 Å². The van der Waals surface area contributed by atoms with Crippen molar-refractivity contribution < 1.29 is 9.18 Å². The summed E-state index contributed by atoms with van der Waals surface area (Å²) in [4.78, 5) is 16.2. The van der Waals surface area contributed by atoms with Crippen LogP contribution in [0.5, 0.6) is 0 Å². The van der Waals surface area contributed by atoms with Crippen LogP contribution in [0.1, 0.15) is 35.2 Å². The minimum Gasteiger partial charge on any atom is -0.355 e. The Morgan fingerprint density at radius 3 is 2.65 bits per heavy atom. The van der Waals surface area contributed by atoms with Gasteiger partial charge < -0.3 is 16.0 Å². The molecule has 26 heavy (non-hydrogen) atoms. The number of rotatable bonds is 6. The summed E-state index contributed by atoms with van der Waals surface area (Å²) in [5, 5.41) is 10.1. The van der Waals surface area contributed by atoms with Crippen molar-refractivity contribution in [3.63, 3.8) is 0 Å². The molecule has 8 heteroatoms. The number of carbonyl (C=O) groups excluding carboxylic acids is 1. The van der Waals surface area contributed by atoms with E-state index in [1.165, 1.54) is 12.5 Å². The third-order valence-corrected chi connectivity index (χ3v) is 5.51. The van der Waals surface area contributed by atoms with Crippen LogP contribution in [0, 0.1) is 12.7 Å². The topological polar surface area (TPSA) is 65.5 Å². The molecule has 146 valence electrons. The Bertz CT molecular complexity index is 629. The van der Waals surface area contributed by atoms with Gasteiger partial charge >= 0.3 is 0 Å². The third-order valence-electron chi connectivity index (χ3n) is 4.42. The summed E-state index contributed by atoms with van der Waals surface area (Å²) in [5.74, 6) is 0.111. The first-order chi connectivity index (χ1) is 12.0. The zero-order chi connectivity index (χ0) is 18.2. The standard InChI is InChI=1S/C18H27FN4OS.HI/c1-12-4-5-13(10-16(12)19)17(24)21-8-9-22-18(20-2)23-14-6-7-15(11-14)25-3;/h4-5,10,14-15H,6-9,11H2,1-3H3,(H,21,24)(H2,20,22,23);1H. The Balaban J connectivity index is 0.00000338. The number of benzene rings is 1. The second-order valence-corrected chi connectivity index (χ2v) is 7.37. The summed E-state index contributed by atoms with van der Waals surface area (Å²) in [7, 11) is 1.74. The number of nitrogens with zero attached hydrogens (tertiary/aromatic N) is 1. The Kier molecular flexibility index (Phi) is 10.3. The van der Waals surface area contributed by atoms with Crippen LogP contribution >= 0.6 is 35.7 Å². The van der Waals surface area contributed by atoms with Gasteiger partial charge in [-0.2, -0.15) is 11.8 Å². The first-order valence-electron chi connectivity index (χ1n) is 8.57. The van der Waals surface area contributed by atoms with Gasteiger partial charge in [-0.3, -0.25) is 9.79 Å². The molecule has 2 atom stereocenters. The fourth-order valence-electron chi connectivity index (χ4n) is 2.87. The van der Waals surface area contributed by atoms with Gasteiger partial charge in [0.15, 0.2) is 5.96 Å². The van der Waals surface area contributed by atoms with Crippen molar-refractivity contribution in [3.8, 4) is 0 Å². The van der Waals surface area contributed by atoms with Crippen LogP contribution < -0.4 is 16.0 Å². The molecular formula is C18H28FIN4OS. The number of guanidine groups is 1. The summed E-state index contributed by atoms with van der Waals surface area (Å²) < 4.78 is 13.5. The van der Waals surface area contributed by atoms with Crippen molar-refractivity contribution >= 4 is 47.6 Å². The van der Waals surface area contributed by atoms with E-state index in [-0.39, 0.29) is 35.7 Å². The number of amides is 1. The van der Waals surface area contributed by atoms with Gasteiger partial charge in [-0.05, 0) is 50.1 Å². The average molecular weight is 494 g/mol. The number of halogens is 2. The quantitative estimate of drug-likeness (QED) is 0.246. The van der Waals surface area contributed by atoms with Gasteiger partial charge in [0.25, 0.3) is 5.91 Å². The largest absolute Gasteiger partial charge is 0.355 e. The van der Waals surface area contributed by atoms with Crippen LogP contribution in [0.2, 0.25) is 0 Å². The summed E-state index contributed by atoms with van der Waals surface area (Å²) in [6.07, 6.45) is 5.70. The van der Waals surface area contributed by atoms with Gasteiger partial charge in [0.1, 0.15) is 5.82 Å². The average Bonchev–Trinajstić information content (AvgIpc) is 3.07. The molecule has 1 aromatic rings. The lowest BCUT2D eigenvalue weighted by Gasteiger charge is -2.17. The van der Waals surface area contributed by atoms with E-state index in [0.29, 0.717) is 30.3 Å². The molecule has 0 saturated heterocycles. The predicted molar refractivity (Wildman–Crippen MR) is 118 cm³/mol. The number of carbonyl (C=O) groups is 1. The molecule has 0 bridgehead atoms. The molecule has 1 fully saturated rings. The van der Waals surface area contributed by atoms with Crippen LogP contribution in [0.25, 0.3) is 0 Å². The van der Waals surface area contributed by atoms with Gasteiger partial charge in [0, 0.05) is 37.0 Å². The van der Waals surface area contributed by atoms with Crippen LogP contribution in [0.3, 0.4) is 0 Å². The molecule has 0 heterocycles. The highest BCUT2D eigenvalue weighted by Gasteiger charge is 2.24. The zero-order valence-corrected chi connectivity index (χ0v) is 18.6. The zero-order valence-electron chi connectivity index (χ0n) is 15.5. The molecule has 0 aliphatic heterocycles. The summed E-state index contributed by atoms with van der Waals surface area (Å²) in [6, 6.07) is 4.96. The van der Waals surface area contributed by atoms with Crippen LogP contribution in [-0.2, 0) is 0 Å². The normalized spacial score (nSPS) is 19.6. The second-order valence-electron chi connectivity index (χ2n) is 6.23. The molecule has 1 aliphatic rings. The Morgan fingerprint density at radius 2 is 2.04 bits per heavy atom. The van der Waals surface area contributed by atoms with Crippen LogP contribution in [0.15, 0.2) is 23.2 Å². The van der Waals surface area contributed by atoms with Crippen molar-refractivity contribution in [2.45, 2.75) is 37.5 Å². The summed E-state index contributed by atoms with van der Waals surface area (Å²) in [5.41, 5.74) is 0.864. The minimum absolute atomic E-state index is 0. The number of hydrogen-bond donors (Lipinski definition) is 3. The SMILES string of the molecule is CN=C(NCCNC(=O)c1ccc(C)c(F)c1)NC1CCC(SC)C1.I. The molecule has 0 aromatic heterocycles. The highest BCUT2D eigenvalue weighted by Crippen LogP contribution is 2.27. The molecule has 0 radical (unpaired) electrons. The molecule has 1 aliphatic carbocycles. The van der Waals surface area contributed by atoms with Crippen molar-refractivity contribution in [2.75, 3.05) is 26.4 Å². The molecule has 1 saturated carbocycles. The van der Waals surface area contributed by atoms with E-state index in [2.05, 4.69) is 27.2 Å². The van der Waals surface area contributed by atoms with E-state index in [4.69, 9.17) is 0 Å². The van der Waals surface area contributed by atoms with E-state index >= 15 is 0 Å². The first kappa shape index (κ1) is 23.0. The van der Waals surface area contributed by atoms with E-state index in [0.717, 1.165) is 24.1 Å². The molecular weight excluding hydrogens is 466 g/mol. The first-order valence-corrected chi connectivity index (χ1v) is 9.86. The highest BCUT2D eigenvalue weighted by molar-refractivity contribution is 14.0. The third kappa shape index (κ3) is 6.94. The smallest absolute Gasteiger partial charge is 0.251 e. The van der Waals surface area contributed by atoms with Crippen molar-refractivity contribution in [1.82, 2.24) is 16.0 Å². The molecule has 0 spiro atoms. The predicted octanol–water partition coefficient (Wildman–Crippen LogP) is 2.93. The Labute approximate surface area is 176 Å². The van der Waals surface area contributed by atoms with Gasteiger partial charge in [-0.25, -0.2) is 4.39 Å². The maximum absolute atomic E-state index is 13.5. The number of thioether (sulfide) groups is 1. The fourth-order valence-corrected chi connectivity index (χ4v) is 3.66. The number of aryl methyl sites for hydroxylation is 1. The lowest BCUT2D eigenvalue weighted by atomic mass is 10.1. The fraction of sp³-hybridized carbons (Fsp3) is 0.556. The van der Waals surface area contributed by atoms with Gasteiger partial charge in [-0.15, -0.1) is 24.0 Å². The van der Waals surface area contributed by atoms with Crippen molar-refractivity contribution in [3.05, 3.63) is 35.1 Å². The lowest BCUT2D eigenvalue weighted by molar-refractivity contribution is 0.0954. The van der Waals surface area contributed by atoms with Crippen LogP contribution in [-0.4, -0.2) is 49.6 Å². The number of nitrogens with one attached hydrogen (secondary N) is 3. The van der Waals surface area contributed by atoms with E-state index in [1.807, 2.05) is 11.8 Å². The minimum atomic E-state index is -0.365. The molecule has 1 amide bonds. The molecule has 1 aromatic carbocycles. The maximum Gasteiger partial charge on any atom is 0.251 e.